The summed E-state index contributed by atoms with van der Waals surface area (Å²) in [7, 11) is 0. The van der Waals surface area contributed by atoms with Crippen molar-refractivity contribution in [3.05, 3.63) is 76.4 Å². The van der Waals surface area contributed by atoms with Crippen LogP contribution in [0.2, 0.25) is 5.02 Å². The van der Waals surface area contributed by atoms with Gasteiger partial charge in [-0.3, -0.25) is 9.59 Å². The minimum atomic E-state index is -1.24. The van der Waals surface area contributed by atoms with Gasteiger partial charge in [0, 0.05) is 11.1 Å². The second-order valence-electron chi connectivity index (χ2n) is 6.07. The van der Waals surface area contributed by atoms with Gasteiger partial charge in [-0.2, -0.15) is 5.10 Å². The van der Waals surface area contributed by atoms with Crippen molar-refractivity contribution in [2.75, 3.05) is 0 Å². The standard InChI is InChI=1S/C19H14ClF2N3O4/c20-14-6-3-11(22)7-13(14)15(9-18(27)28)23-19(29)16-8-17(26)25(24-16)12-4-1-10(21)2-5-12/h1-8,15,26H,9H2,(H,23,29)(H,27,28). The van der Waals surface area contributed by atoms with Gasteiger partial charge in [0.2, 0.25) is 5.88 Å². The van der Waals surface area contributed by atoms with Crippen molar-refractivity contribution in [1.82, 2.24) is 15.1 Å². The van der Waals surface area contributed by atoms with Gasteiger partial charge >= 0.3 is 5.97 Å². The van der Waals surface area contributed by atoms with Crippen LogP contribution in [0.3, 0.4) is 0 Å². The third kappa shape index (κ3) is 4.69. The van der Waals surface area contributed by atoms with Gasteiger partial charge in [-0.1, -0.05) is 11.6 Å². The van der Waals surface area contributed by atoms with E-state index in [1.54, 1.807) is 0 Å². The Bertz CT molecular complexity index is 1070. The molecule has 3 aromatic rings. The molecule has 7 nitrogen and oxygen atoms in total. The predicted molar refractivity (Wildman–Crippen MR) is 99.1 cm³/mol. The van der Waals surface area contributed by atoms with E-state index in [-0.39, 0.29) is 22.2 Å². The molecule has 0 aliphatic heterocycles. The Labute approximate surface area is 168 Å². The van der Waals surface area contributed by atoms with Crippen LogP contribution in [0.5, 0.6) is 5.88 Å². The summed E-state index contributed by atoms with van der Waals surface area (Å²) in [5.74, 6) is -3.57. The average Bonchev–Trinajstić information content (AvgIpc) is 3.05. The van der Waals surface area contributed by atoms with Crippen molar-refractivity contribution in [1.29, 1.82) is 0 Å². The molecule has 1 amide bonds. The number of benzene rings is 2. The highest BCUT2D eigenvalue weighted by Gasteiger charge is 2.24. The number of aromatic hydroxyl groups is 1. The van der Waals surface area contributed by atoms with Crippen LogP contribution in [0.15, 0.2) is 48.5 Å². The Morgan fingerprint density at radius 2 is 1.76 bits per heavy atom. The smallest absolute Gasteiger partial charge is 0.305 e. The van der Waals surface area contributed by atoms with Gasteiger partial charge in [0.1, 0.15) is 11.6 Å². The monoisotopic (exact) mass is 421 g/mol. The highest BCUT2D eigenvalue weighted by molar-refractivity contribution is 6.31. The number of hydrogen-bond acceptors (Lipinski definition) is 4. The van der Waals surface area contributed by atoms with E-state index in [4.69, 9.17) is 16.7 Å². The van der Waals surface area contributed by atoms with Crippen molar-refractivity contribution in [3.8, 4) is 11.6 Å². The predicted octanol–water partition coefficient (Wildman–Crippen LogP) is 3.46. The summed E-state index contributed by atoms with van der Waals surface area (Å²) in [4.78, 5) is 23.8. The first-order valence-corrected chi connectivity index (χ1v) is 8.65. The Morgan fingerprint density at radius 3 is 2.41 bits per heavy atom. The molecule has 0 bridgehead atoms. The van der Waals surface area contributed by atoms with Crippen molar-refractivity contribution in [3.63, 3.8) is 0 Å². The van der Waals surface area contributed by atoms with Crippen LogP contribution >= 0.6 is 11.6 Å². The van der Waals surface area contributed by atoms with Gasteiger partial charge < -0.3 is 15.5 Å². The van der Waals surface area contributed by atoms with E-state index in [0.29, 0.717) is 5.69 Å². The molecule has 1 aromatic heterocycles. The molecule has 2 aromatic carbocycles. The molecule has 1 unspecified atom stereocenters. The maximum absolute atomic E-state index is 13.6. The molecule has 0 saturated carbocycles. The van der Waals surface area contributed by atoms with E-state index in [1.165, 1.54) is 18.2 Å². The maximum Gasteiger partial charge on any atom is 0.305 e. The lowest BCUT2D eigenvalue weighted by molar-refractivity contribution is -0.137. The van der Waals surface area contributed by atoms with Crippen LogP contribution < -0.4 is 5.32 Å². The van der Waals surface area contributed by atoms with Crippen LogP contribution in [-0.2, 0) is 4.79 Å². The van der Waals surface area contributed by atoms with Crippen LogP contribution in [0.25, 0.3) is 5.69 Å². The molecule has 29 heavy (non-hydrogen) atoms. The van der Waals surface area contributed by atoms with Crippen molar-refractivity contribution >= 4 is 23.5 Å². The lowest BCUT2D eigenvalue weighted by Crippen LogP contribution is -2.31. The number of hydrogen-bond donors (Lipinski definition) is 3. The van der Waals surface area contributed by atoms with Crippen molar-refractivity contribution < 1.29 is 28.6 Å². The number of carboxylic acid groups (broad SMARTS) is 1. The van der Waals surface area contributed by atoms with E-state index in [0.717, 1.165) is 35.0 Å². The number of nitrogens with zero attached hydrogens (tertiary/aromatic N) is 2. The van der Waals surface area contributed by atoms with Gasteiger partial charge in [0.25, 0.3) is 5.91 Å². The zero-order valence-electron chi connectivity index (χ0n) is 14.6. The first-order valence-electron chi connectivity index (χ1n) is 8.27. The normalized spacial score (nSPS) is 11.8. The lowest BCUT2D eigenvalue weighted by atomic mass is 10.0. The molecule has 10 heteroatoms. The second kappa shape index (κ2) is 8.27. The number of halogens is 3. The summed E-state index contributed by atoms with van der Waals surface area (Å²) >= 11 is 6.02. The summed E-state index contributed by atoms with van der Waals surface area (Å²) in [6, 6.07) is 8.33. The molecule has 0 saturated heterocycles. The Hall–Kier alpha value is -3.46. The minimum Gasteiger partial charge on any atom is -0.493 e. The fourth-order valence-corrected chi connectivity index (χ4v) is 2.93. The maximum atomic E-state index is 13.6. The largest absolute Gasteiger partial charge is 0.493 e. The summed E-state index contributed by atoms with van der Waals surface area (Å²) < 4.78 is 27.7. The second-order valence-corrected chi connectivity index (χ2v) is 6.47. The first kappa shape index (κ1) is 20.3. The number of amides is 1. The average molecular weight is 422 g/mol. The van der Waals surface area contributed by atoms with E-state index >= 15 is 0 Å². The zero-order valence-corrected chi connectivity index (χ0v) is 15.4. The fraction of sp³-hybridized carbons (Fsp3) is 0.105. The van der Waals surface area contributed by atoms with Gasteiger partial charge in [0.05, 0.1) is 18.2 Å². The minimum absolute atomic E-state index is 0.0811. The molecule has 1 atom stereocenters. The molecule has 0 spiro atoms. The van der Waals surface area contributed by atoms with E-state index < -0.39 is 36.0 Å². The Morgan fingerprint density at radius 1 is 1.10 bits per heavy atom. The van der Waals surface area contributed by atoms with Crippen molar-refractivity contribution in [2.24, 2.45) is 0 Å². The van der Waals surface area contributed by atoms with Gasteiger partial charge in [-0.05, 0) is 48.0 Å². The number of carboxylic acids is 1. The first-order chi connectivity index (χ1) is 13.7. The van der Waals surface area contributed by atoms with Gasteiger partial charge in [-0.15, -0.1) is 0 Å². The quantitative estimate of drug-likeness (QED) is 0.565. The zero-order chi connectivity index (χ0) is 21.1. The van der Waals surface area contributed by atoms with Gasteiger partial charge in [-0.25, -0.2) is 13.5 Å². The molecule has 1 heterocycles. The van der Waals surface area contributed by atoms with Crippen LogP contribution in [0, 0.1) is 11.6 Å². The van der Waals surface area contributed by atoms with Crippen LogP contribution in [0.4, 0.5) is 8.78 Å². The van der Waals surface area contributed by atoms with E-state index in [1.807, 2.05) is 0 Å². The van der Waals surface area contributed by atoms with E-state index in [2.05, 4.69) is 10.4 Å². The Kier molecular flexibility index (Phi) is 5.79. The third-order valence-electron chi connectivity index (χ3n) is 4.01. The molecular weight excluding hydrogens is 408 g/mol. The Balaban J connectivity index is 1.88. The van der Waals surface area contributed by atoms with Crippen molar-refractivity contribution in [2.45, 2.75) is 12.5 Å². The number of carbonyl (C=O) groups excluding carboxylic acids is 1. The molecule has 3 N–H and O–H groups in total. The van der Waals surface area contributed by atoms with Gasteiger partial charge in [0.15, 0.2) is 5.69 Å². The molecule has 0 aliphatic rings. The highest BCUT2D eigenvalue weighted by Crippen LogP contribution is 2.27. The summed E-state index contributed by atoms with van der Waals surface area (Å²) in [5.41, 5.74) is 0.164. The summed E-state index contributed by atoms with van der Waals surface area (Å²) in [6.07, 6.45) is -0.556. The fourth-order valence-electron chi connectivity index (χ4n) is 2.68. The molecular formula is C19H14ClF2N3O4. The van der Waals surface area contributed by atoms with E-state index in [9.17, 15) is 23.5 Å². The molecule has 0 aliphatic carbocycles. The number of aliphatic carboxylic acids is 1. The van der Waals surface area contributed by atoms with Crippen LogP contribution in [0.1, 0.15) is 28.5 Å². The highest BCUT2D eigenvalue weighted by atomic mass is 35.5. The van der Waals surface area contributed by atoms with Crippen LogP contribution in [-0.4, -0.2) is 31.9 Å². The number of carbonyl (C=O) groups is 2. The number of rotatable bonds is 6. The number of nitrogens with one attached hydrogen (secondary N) is 1. The molecule has 3 rings (SSSR count). The summed E-state index contributed by atoms with van der Waals surface area (Å²) in [5, 5.41) is 25.6. The molecule has 150 valence electrons. The lowest BCUT2D eigenvalue weighted by Gasteiger charge is -2.18. The SMILES string of the molecule is O=C(O)CC(NC(=O)c1cc(O)n(-c2ccc(F)cc2)n1)c1cc(F)ccc1Cl. The number of aromatic nitrogens is 2. The topological polar surface area (TPSA) is 104 Å². The molecule has 0 radical (unpaired) electrons. The third-order valence-corrected chi connectivity index (χ3v) is 4.36. The molecule has 0 fully saturated rings. The summed E-state index contributed by atoms with van der Waals surface area (Å²) in [6.45, 7) is 0.